The Kier molecular flexibility index (Phi) is 3.74. The number of hydrogen-bond acceptors (Lipinski definition) is 4. The van der Waals surface area contributed by atoms with Gasteiger partial charge in [-0.15, -0.1) is 13.2 Å². The lowest BCUT2D eigenvalue weighted by Crippen LogP contribution is -2.19. The topological polar surface area (TPSA) is 59.4 Å². The second kappa shape index (κ2) is 4.69. The average molecular weight is 300 g/mol. The fraction of sp³-hybridized carbons (Fsp3) is 0.250. The van der Waals surface area contributed by atoms with Crippen molar-refractivity contribution in [2.75, 3.05) is 0 Å². The monoisotopic (exact) mass is 299 g/mol. The number of carbonyl (C=O) groups excluding carboxylic acids is 1. The van der Waals surface area contributed by atoms with E-state index in [9.17, 15) is 23.1 Å². The Balaban J connectivity index is 3.20. The van der Waals surface area contributed by atoms with E-state index in [-0.39, 0.29) is 17.2 Å². The molecule has 1 heterocycles. The molecule has 0 saturated carbocycles. The molecular weight excluding hydrogens is 295 g/mol. The first kappa shape index (κ1) is 12.8. The maximum absolute atomic E-state index is 12.0. The summed E-state index contributed by atoms with van der Waals surface area (Å²) in [5.74, 6) is -1.26. The van der Waals surface area contributed by atoms with E-state index in [1.54, 1.807) is 0 Å². The van der Waals surface area contributed by atoms with Gasteiger partial charge in [0.25, 0.3) is 0 Å². The summed E-state index contributed by atoms with van der Waals surface area (Å²) in [4.78, 5) is 13.6. The van der Waals surface area contributed by atoms with Crippen LogP contribution < -0.4 is 4.74 Å². The molecule has 0 spiro atoms. The number of pyridine rings is 1. The van der Waals surface area contributed by atoms with Crippen LogP contribution in [0.3, 0.4) is 0 Å². The number of rotatable bonds is 3. The maximum atomic E-state index is 12.0. The molecule has 0 aliphatic rings. The summed E-state index contributed by atoms with van der Waals surface area (Å²) in [5.41, 5.74) is -0.524. The average Bonchev–Trinajstić information content (AvgIpc) is 2.18. The Hall–Kier alpha value is -1.31. The van der Waals surface area contributed by atoms with Crippen LogP contribution in [0.4, 0.5) is 13.2 Å². The summed E-state index contributed by atoms with van der Waals surface area (Å²) < 4.78 is 39.5. The van der Waals surface area contributed by atoms with Crippen molar-refractivity contribution in [2.45, 2.75) is 11.7 Å². The lowest BCUT2D eigenvalue weighted by Gasteiger charge is -2.11. The van der Waals surface area contributed by atoms with Gasteiger partial charge in [0.05, 0.1) is 0 Å². The predicted molar refractivity (Wildman–Crippen MR) is 50.6 cm³/mol. The predicted octanol–water partition coefficient (Wildman–Crippen LogP) is 2.39. The lowest BCUT2D eigenvalue weighted by molar-refractivity contribution is -0.276. The van der Waals surface area contributed by atoms with Gasteiger partial charge in [0, 0.05) is 10.9 Å². The van der Waals surface area contributed by atoms with Crippen molar-refractivity contribution in [3.63, 3.8) is 0 Å². The van der Waals surface area contributed by atoms with Gasteiger partial charge in [-0.05, 0) is 6.07 Å². The van der Waals surface area contributed by atoms with Gasteiger partial charge in [-0.2, -0.15) is 0 Å². The van der Waals surface area contributed by atoms with E-state index in [1.807, 2.05) is 0 Å². The zero-order chi connectivity index (χ0) is 12.3. The number of alkyl halides is 4. The van der Waals surface area contributed by atoms with Crippen LogP contribution in [-0.4, -0.2) is 22.7 Å². The van der Waals surface area contributed by atoms with Crippen LogP contribution >= 0.6 is 15.9 Å². The lowest BCUT2D eigenvalue weighted by atomic mass is 10.2. The first-order valence-electron chi connectivity index (χ1n) is 3.87. The van der Waals surface area contributed by atoms with Crippen molar-refractivity contribution in [1.29, 1.82) is 0 Å². The van der Waals surface area contributed by atoms with Gasteiger partial charge in [-0.25, -0.2) is 4.98 Å². The molecule has 0 atom stereocenters. The van der Waals surface area contributed by atoms with Gasteiger partial charge in [0.15, 0.2) is 6.29 Å². The van der Waals surface area contributed by atoms with Crippen molar-refractivity contribution in [3.05, 3.63) is 17.3 Å². The summed E-state index contributed by atoms with van der Waals surface area (Å²) in [6, 6.07) is 0.979. The third-order valence-electron chi connectivity index (χ3n) is 1.54. The highest BCUT2D eigenvalue weighted by Crippen LogP contribution is 2.29. The molecule has 0 radical (unpaired) electrons. The number of aromatic hydroxyl groups is 1. The quantitative estimate of drug-likeness (QED) is 0.688. The molecule has 0 aromatic carbocycles. The molecule has 0 unspecified atom stereocenters. The van der Waals surface area contributed by atoms with Crippen LogP contribution in [0.1, 0.15) is 16.1 Å². The summed E-state index contributed by atoms with van der Waals surface area (Å²) in [6.45, 7) is 0. The van der Waals surface area contributed by atoms with Crippen LogP contribution in [0.5, 0.6) is 11.6 Å². The molecule has 0 aliphatic carbocycles. The number of ether oxygens (including phenoxy) is 1. The summed E-state index contributed by atoms with van der Waals surface area (Å²) in [6.07, 6.45) is -4.77. The van der Waals surface area contributed by atoms with Crippen molar-refractivity contribution < 1.29 is 27.8 Å². The van der Waals surface area contributed by atoms with E-state index >= 15 is 0 Å². The zero-order valence-electron chi connectivity index (χ0n) is 7.58. The van der Waals surface area contributed by atoms with Crippen LogP contribution in [-0.2, 0) is 5.33 Å². The number of aldehydes is 1. The molecule has 1 aromatic rings. The Morgan fingerprint density at radius 3 is 2.62 bits per heavy atom. The minimum Gasteiger partial charge on any atom is -0.506 e. The van der Waals surface area contributed by atoms with Gasteiger partial charge in [0.1, 0.15) is 11.4 Å². The van der Waals surface area contributed by atoms with E-state index < -0.39 is 23.7 Å². The minimum absolute atomic E-state index is 0.00187. The number of carbonyl (C=O) groups is 1. The first-order valence-corrected chi connectivity index (χ1v) is 4.99. The largest absolute Gasteiger partial charge is 0.574 e. The van der Waals surface area contributed by atoms with Crippen molar-refractivity contribution in [3.8, 4) is 11.6 Å². The molecule has 1 N–H and O–H groups in total. The normalized spacial score (nSPS) is 11.2. The highest BCUT2D eigenvalue weighted by molar-refractivity contribution is 9.08. The molecular formula is C8H5BrF3NO3. The summed E-state index contributed by atoms with van der Waals surface area (Å²) >= 11 is 2.91. The molecule has 4 nitrogen and oxygen atoms in total. The number of aromatic nitrogens is 1. The smallest absolute Gasteiger partial charge is 0.506 e. The van der Waals surface area contributed by atoms with E-state index in [0.29, 0.717) is 0 Å². The van der Waals surface area contributed by atoms with Gasteiger partial charge in [-0.1, -0.05) is 15.9 Å². The fourth-order valence-electron chi connectivity index (χ4n) is 0.920. The van der Waals surface area contributed by atoms with Crippen molar-refractivity contribution in [2.24, 2.45) is 0 Å². The number of halogens is 4. The second-order valence-electron chi connectivity index (χ2n) is 2.66. The van der Waals surface area contributed by atoms with Gasteiger partial charge < -0.3 is 9.84 Å². The third kappa shape index (κ3) is 3.09. The molecule has 0 saturated heterocycles. The summed E-state index contributed by atoms with van der Waals surface area (Å²) in [7, 11) is 0. The van der Waals surface area contributed by atoms with E-state index in [4.69, 9.17) is 0 Å². The van der Waals surface area contributed by atoms with Crippen molar-refractivity contribution in [1.82, 2.24) is 4.98 Å². The fourth-order valence-corrected chi connectivity index (χ4v) is 1.32. The molecule has 0 fully saturated rings. The first-order chi connectivity index (χ1) is 7.37. The standard InChI is InChI=1S/C8H5BrF3NO3/c9-2-4-1-6(15)5(3-14)13-7(4)16-8(10,11)12/h1,3,15H,2H2. The van der Waals surface area contributed by atoms with Crippen molar-refractivity contribution >= 4 is 22.2 Å². The maximum Gasteiger partial charge on any atom is 0.574 e. The molecule has 0 aliphatic heterocycles. The minimum atomic E-state index is -4.90. The Labute approximate surface area is 96.2 Å². The van der Waals surface area contributed by atoms with E-state index in [0.717, 1.165) is 6.07 Å². The van der Waals surface area contributed by atoms with Gasteiger partial charge in [-0.3, -0.25) is 4.79 Å². The number of hydrogen-bond donors (Lipinski definition) is 1. The van der Waals surface area contributed by atoms with Gasteiger partial charge >= 0.3 is 6.36 Å². The second-order valence-corrected chi connectivity index (χ2v) is 3.22. The third-order valence-corrected chi connectivity index (χ3v) is 2.14. The van der Waals surface area contributed by atoms with Crippen LogP contribution in [0.2, 0.25) is 0 Å². The Morgan fingerprint density at radius 2 is 2.19 bits per heavy atom. The highest BCUT2D eigenvalue weighted by Gasteiger charge is 2.33. The Bertz CT molecular complexity index is 408. The summed E-state index contributed by atoms with van der Waals surface area (Å²) in [5, 5.41) is 9.19. The van der Waals surface area contributed by atoms with E-state index in [1.165, 1.54) is 0 Å². The van der Waals surface area contributed by atoms with Gasteiger partial charge in [0.2, 0.25) is 5.88 Å². The molecule has 1 rings (SSSR count). The Morgan fingerprint density at radius 1 is 1.56 bits per heavy atom. The number of nitrogens with zero attached hydrogens (tertiary/aromatic N) is 1. The highest BCUT2D eigenvalue weighted by atomic mass is 79.9. The van der Waals surface area contributed by atoms with Crippen LogP contribution in [0.25, 0.3) is 0 Å². The zero-order valence-corrected chi connectivity index (χ0v) is 9.17. The SMILES string of the molecule is O=Cc1nc(OC(F)(F)F)c(CBr)cc1O. The van der Waals surface area contributed by atoms with Crippen LogP contribution in [0.15, 0.2) is 6.07 Å². The molecule has 8 heteroatoms. The van der Waals surface area contributed by atoms with Crippen LogP contribution in [0, 0.1) is 0 Å². The van der Waals surface area contributed by atoms with E-state index in [2.05, 4.69) is 25.7 Å². The molecule has 88 valence electrons. The molecule has 1 aromatic heterocycles. The molecule has 16 heavy (non-hydrogen) atoms. The molecule has 0 amide bonds. The molecule has 0 bridgehead atoms.